The van der Waals surface area contributed by atoms with Crippen molar-refractivity contribution < 1.29 is 14.4 Å². The molecule has 2 aromatic rings. The minimum Gasteiger partial charge on any atom is -0.454 e. The summed E-state index contributed by atoms with van der Waals surface area (Å²) >= 11 is 11.8. The van der Waals surface area contributed by atoms with Crippen molar-refractivity contribution in [3.05, 3.63) is 58.6 Å². The first kappa shape index (κ1) is 18.8. The Kier molecular flexibility index (Phi) is 6.19. The van der Waals surface area contributed by atoms with Crippen molar-refractivity contribution in [2.75, 3.05) is 27.4 Å². The Morgan fingerprint density at radius 3 is 2.69 bits per heavy atom. The highest BCUT2D eigenvalue weighted by atomic mass is 35.5. The first-order chi connectivity index (χ1) is 12.5. The first-order valence-corrected chi connectivity index (χ1v) is 9.28. The van der Waals surface area contributed by atoms with E-state index in [0.717, 1.165) is 27.6 Å². The summed E-state index contributed by atoms with van der Waals surface area (Å²) in [6, 6.07) is 14.0. The second kappa shape index (κ2) is 8.58. The van der Waals surface area contributed by atoms with E-state index in [0.29, 0.717) is 18.2 Å². The number of likely N-dealkylation sites (N-methyl/N-ethyl adjacent to an activating group) is 1. The number of fused-ring (bicyclic) bond motifs is 1. The van der Waals surface area contributed by atoms with Crippen LogP contribution in [-0.2, 0) is 6.54 Å². The molecule has 0 saturated carbocycles. The summed E-state index contributed by atoms with van der Waals surface area (Å²) < 4.78 is 10.7. The molecule has 1 atom stereocenters. The third kappa shape index (κ3) is 4.58. The van der Waals surface area contributed by atoms with Crippen molar-refractivity contribution in [2.24, 2.45) is 0 Å². The van der Waals surface area contributed by atoms with Crippen LogP contribution < -0.4 is 25.0 Å². The third-order valence-electron chi connectivity index (χ3n) is 4.33. The molecular weight excluding hydrogens is 370 g/mol. The van der Waals surface area contributed by atoms with Crippen LogP contribution in [0.25, 0.3) is 0 Å². The molecule has 0 spiro atoms. The number of thiocarbonyl (C=S) groups is 1. The molecule has 0 bridgehead atoms. The fourth-order valence-electron chi connectivity index (χ4n) is 2.87. The third-order valence-corrected chi connectivity index (χ3v) is 4.97. The summed E-state index contributed by atoms with van der Waals surface area (Å²) in [6.07, 6.45) is 0. The normalized spacial score (nSPS) is 13.5. The molecule has 0 fully saturated rings. The van der Waals surface area contributed by atoms with Gasteiger partial charge < -0.3 is 25.0 Å². The monoisotopic (exact) mass is 392 g/mol. The number of nitrogens with one attached hydrogen (secondary N) is 3. The lowest BCUT2D eigenvalue weighted by atomic mass is 10.1. The number of hydrogen-bond donors (Lipinski definition) is 3. The topological polar surface area (TPSA) is 47.0 Å². The molecule has 7 heteroatoms. The fraction of sp³-hybridized carbons (Fsp3) is 0.316. The van der Waals surface area contributed by atoms with Crippen LogP contribution in [0.3, 0.4) is 0 Å². The van der Waals surface area contributed by atoms with Gasteiger partial charge in [0.1, 0.15) is 6.04 Å². The van der Waals surface area contributed by atoms with Gasteiger partial charge >= 0.3 is 0 Å². The quantitative estimate of drug-likeness (QED) is 0.656. The number of rotatable bonds is 6. The van der Waals surface area contributed by atoms with Gasteiger partial charge in [-0.2, -0.15) is 0 Å². The lowest BCUT2D eigenvalue weighted by Crippen LogP contribution is -3.07. The molecule has 2 aromatic carbocycles. The molecule has 0 unspecified atom stereocenters. The van der Waals surface area contributed by atoms with Crippen molar-refractivity contribution in [1.29, 1.82) is 0 Å². The molecule has 1 aliphatic rings. The van der Waals surface area contributed by atoms with E-state index >= 15 is 0 Å². The lowest BCUT2D eigenvalue weighted by Gasteiger charge is -2.24. The van der Waals surface area contributed by atoms with E-state index in [1.54, 1.807) is 0 Å². The first-order valence-electron chi connectivity index (χ1n) is 8.49. The molecule has 3 N–H and O–H groups in total. The molecule has 1 aliphatic heterocycles. The van der Waals surface area contributed by atoms with E-state index < -0.39 is 0 Å². The van der Waals surface area contributed by atoms with Gasteiger partial charge in [0, 0.05) is 17.1 Å². The Labute approximate surface area is 164 Å². The highest BCUT2D eigenvalue weighted by molar-refractivity contribution is 7.80. The minimum absolute atomic E-state index is 0.203. The Balaban J connectivity index is 1.53. The zero-order chi connectivity index (χ0) is 18.5. The molecule has 0 amide bonds. The van der Waals surface area contributed by atoms with E-state index in [1.807, 2.05) is 36.4 Å². The number of ether oxygens (including phenoxy) is 2. The van der Waals surface area contributed by atoms with E-state index in [2.05, 4.69) is 30.8 Å². The predicted molar refractivity (Wildman–Crippen MR) is 107 cm³/mol. The molecule has 0 radical (unpaired) electrons. The molecule has 0 aromatic heterocycles. The molecule has 138 valence electrons. The van der Waals surface area contributed by atoms with Crippen molar-refractivity contribution in [2.45, 2.75) is 12.6 Å². The Hall–Kier alpha value is -2.02. The summed E-state index contributed by atoms with van der Waals surface area (Å²) in [7, 11) is 4.22. The Bertz CT molecular complexity index is 785. The van der Waals surface area contributed by atoms with Crippen LogP contribution in [-0.4, -0.2) is 32.5 Å². The summed E-state index contributed by atoms with van der Waals surface area (Å²) in [5.41, 5.74) is 2.19. The largest absolute Gasteiger partial charge is 0.454 e. The average Bonchev–Trinajstić information content (AvgIpc) is 3.09. The zero-order valence-electron chi connectivity index (χ0n) is 14.8. The van der Waals surface area contributed by atoms with Gasteiger partial charge in [0.25, 0.3) is 0 Å². The molecular formula is C19H23ClN3O2S+. The van der Waals surface area contributed by atoms with Crippen molar-refractivity contribution in [3.63, 3.8) is 0 Å². The van der Waals surface area contributed by atoms with Gasteiger partial charge in [-0.05, 0) is 36.0 Å². The maximum atomic E-state index is 6.35. The SMILES string of the molecule is C[NH+](C)[C@@H](CNC(=S)NCc1ccc2c(c1)OCO2)c1ccccc1Cl. The van der Waals surface area contributed by atoms with Crippen molar-refractivity contribution in [3.8, 4) is 11.5 Å². The van der Waals surface area contributed by atoms with E-state index in [1.165, 1.54) is 4.90 Å². The second-order valence-corrected chi connectivity index (χ2v) is 7.22. The van der Waals surface area contributed by atoms with Gasteiger partial charge in [0.05, 0.1) is 20.6 Å². The predicted octanol–water partition coefficient (Wildman–Crippen LogP) is 1.92. The number of halogens is 1. The van der Waals surface area contributed by atoms with Crippen LogP contribution in [0.2, 0.25) is 5.02 Å². The summed E-state index contributed by atoms with van der Waals surface area (Å²) in [6.45, 7) is 1.59. The van der Waals surface area contributed by atoms with Crippen LogP contribution in [0, 0.1) is 0 Å². The highest BCUT2D eigenvalue weighted by Crippen LogP contribution is 2.32. The molecule has 5 nitrogen and oxygen atoms in total. The standard InChI is InChI=1S/C19H22ClN3O2S/c1-23(2)16(14-5-3-4-6-15(14)20)11-22-19(26)21-10-13-7-8-17-18(9-13)25-12-24-17/h3-9,16H,10-12H2,1-2H3,(H2,21,22,26)/p+1/t16-/m0/s1. The highest BCUT2D eigenvalue weighted by Gasteiger charge is 2.20. The second-order valence-electron chi connectivity index (χ2n) is 6.40. The van der Waals surface area contributed by atoms with Gasteiger partial charge in [-0.1, -0.05) is 35.9 Å². The van der Waals surface area contributed by atoms with Crippen LogP contribution in [0.5, 0.6) is 11.5 Å². The van der Waals surface area contributed by atoms with Gasteiger partial charge in [-0.3, -0.25) is 0 Å². The van der Waals surface area contributed by atoms with Crippen LogP contribution in [0.4, 0.5) is 0 Å². The summed E-state index contributed by atoms with van der Waals surface area (Å²) in [5, 5.41) is 7.92. The Morgan fingerprint density at radius 1 is 1.15 bits per heavy atom. The average molecular weight is 393 g/mol. The summed E-state index contributed by atoms with van der Waals surface area (Å²) in [5.74, 6) is 1.56. The van der Waals surface area contributed by atoms with Crippen molar-refractivity contribution in [1.82, 2.24) is 10.6 Å². The van der Waals surface area contributed by atoms with Gasteiger partial charge in [0.15, 0.2) is 16.6 Å². The Morgan fingerprint density at radius 2 is 1.92 bits per heavy atom. The van der Waals surface area contributed by atoms with Crippen LogP contribution >= 0.6 is 23.8 Å². The van der Waals surface area contributed by atoms with Gasteiger partial charge in [0.2, 0.25) is 6.79 Å². The minimum atomic E-state index is 0.203. The number of hydrogen-bond acceptors (Lipinski definition) is 3. The van der Waals surface area contributed by atoms with Gasteiger partial charge in [-0.15, -0.1) is 0 Å². The number of quaternary nitrogens is 1. The van der Waals surface area contributed by atoms with E-state index in [4.69, 9.17) is 33.3 Å². The van der Waals surface area contributed by atoms with E-state index in [9.17, 15) is 0 Å². The molecule has 26 heavy (non-hydrogen) atoms. The smallest absolute Gasteiger partial charge is 0.231 e. The maximum absolute atomic E-state index is 6.35. The van der Waals surface area contributed by atoms with Crippen molar-refractivity contribution >= 4 is 28.9 Å². The summed E-state index contributed by atoms with van der Waals surface area (Å²) in [4.78, 5) is 1.28. The van der Waals surface area contributed by atoms with E-state index in [-0.39, 0.29) is 12.8 Å². The van der Waals surface area contributed by atoms with Crippen LogP contribution in [0.1, 0.15) is 17.2 Å². The lowest BCUT2D eigenvalue weighted by molar-refractivity contribution is -0.890. The molecule has 0 saturated heterocycles. The molecule has 0 aliphatic carbocycles. The molecule has 3 rings (SSSR count). The van der Waals surface area contributed by atoms with Gasteiger partial charge in [-0.25, -0.2) is 0 Å². The maximum Gasteiger partial charge on any atom is 0.231 e. The molecule has 1 heterocycles. The number of benzene rings is 2. The fourth-order valence-corrected chi connectivity index (χ4v) is 3.30. The van der Waals surface area contributed by atoms with Crippen LogP contribution in [0.15, 0.2) is 42.5 Å². The zero-order valence-corrected chi connectivity index (χ0v) is 16.4.